The highest BCUT2D eigenvalue weighted by atomic mass is 16.2. The molecule has 1 unspecified atom stereocenters. The molecular formula is C13H16N2O2. The zero-order valence-corrected chi connectivity index (χ0v) is 10.1. The molecule has 4 heteroatoms. The molecule has 0 saturated heterocycles. The van der Waals surface area contributed by atoms with Gasteiger partial charge in [-0.25, -0.2) is 0 Å². The molecule has 1 atom stereocenters. The van der Waals surface area contributed by atoms with Crippen LogP contribution in [-0.2, 0) is 0 Å². The van der Waals surface area contributed by atoms with Gasteiger partial charge in [0.15, 0.2) is 0 Å². The van der Waals surface area contributed by atoms with E-state index in [9.17, 15) is 9.59 Å². The summed E-state index contributed by atoms with van der Waals surface area (Å²) >= 11 is 0. The molecule has 0 spiro atoms. The Kier molecular flexibility index (Phi) is 3.24. The molecule has 1 heterocycles. The summed E-state index contributed by atoms with van der Waals surface area (Å²) in [5.41, 5.74) is 1.04. The van der Waals surface area contributed by atoms with Crippen molar-refractivity contribution in [2.75, 3.05) is 20.1 Å². The molecule has 1 N–H and O–H groups in total. The van der Waals surface area contributed by atoms with Crippen molar-refractivity contribution >= 4 is 11.8 Å². The molecule has 0 bridgehead atoms. The quantitative estimate of drug-likeness (QED) is 0.792. The Morgan fingerprint density at radius 3 is 2.18 bits per heavy atom. The van der Waals surface area contributed by atoms with E-state index in [1.807, 2.05) is 14.0 Å². The van der Waals surface area contributed by atoms with Gasteiger partial charge in [-0.2, -0.15) is 0 Å². The molecule has 0 aromatic heterocycles. The molecule has 0 radical (unpaired) electrons. The normalized spacial score (nSPS) is 16.2. The third kappa shape index (κ3) is 2.08. The number of carbonyl (C=O) groups excluding carboxylic acids is 2. The number of amides is 2. The highest BCUT2D eigenvalue weighted by Gasteiger charge is 2.35. The minimum Gasteiger partial charge on any atom is -0.319 e. The van der Waals surface area contributed by atoms with E-state index >= 15 is 0 Å². The first-order valence-electron chi connectivity index (χ1n) is 5.75. The number of carbonyl (C=O) groups is 2. The molecule has 1 aliphatic rings. The number of benzene rings is 1. The van der Waals surface area contributed by atoms with Crippen molar-refractivity contribution in [3.05, 3.63) is 35.4 Å². The van der Waals surface area contributed by atoms with E-state index in [0.717, 1.165) is 6.54 Å². The van der Waals surface area contributed by atoms with Crippen LogP contribution in [0.4, 0.5) is 0 Å². The lowest BCUT2D eigenvalue weighted by molar-refractivity contribution is 0.0633. The summed E-state index contributed by atoms with van der Waals surface area (Å²) < 4.78 is 0. The molecule has 2 amide bonds. The van der Waals surface area contributed by atoms with Gasteiger partial charge in [0.05, 0.1) is 11.1 Å². The fraction of sp³-hybridized carbons (Fsp3) is 0.385. The van der Waals surface area contributed by atoms with Gasteiger partial charge in [-0.05, 0) is 31.6 Å². The number of hydrogen-bond acceptors (Lipinski definition) is 3. The third-order valence-electron chi connectivity index (χ3n) is 2.93. The summed E-state index contributed by atoms with van der Waals surface area (Å²) in [6.45, 7) is 3.26. The average Bonchev–Trinajstić information content (AvgIpc) is 2.56. The van der Waals surface area contributed by atoms with Crippen molar-refractivity contribution in [2.24, 2.45) is 5.92 Å². The van der Waals surface area contributed by atoms with Gasteiger partial charge in [0.1, 0.15) is 0 Å². The molecular weight excluding hydrogens is 216 g/mol. The molecule has 2 rings (SSSR count). The molecule has 0 fully saturated rings. The fourth-order valence-corrected chi connectivity index (χ4v) is 2.13. The number of hydrogen-bond donors (Lipinski definition) is 1. The molecule has 1 aromatic rings. The van der Waals surface area contributed by atoms with Gasteiger partial charge in [-0.1, -0.05) is 19.1 Å². The van der Waals surface area contributed by atoms with Crippen LogP contribution < -0.4 is 5.32 Å². The zero-order chi connectivity index (χ0) is 12.4. The van der Waals surface area contributed by atoms with Gasteiger partial charge < -0.3 is 5.32 Å². The number of fused-ring (bicyclic) bond motifs is 1. The van der Waals surface area contributed by atoms with Crippen LogP contribution in [0.3, 0.4) is 0 Å². The van der Waals surface area contributed by atoms with Gasteiger partial charge in [-0.15, -0.1) is 0 Å². The average molecular weight is 232 g/mol. The first kappa shape index (κ1) is 11.8. The Hall–Kier alpha value is -1.68. The van der Waals surface area contributed by atoms with Crippen LogP contribution in [0.2, 0.25) is 0 Å². The van der Waals surface area contributed by atoms with Gasteiger partial charge in [0.2, 0.25) is 0 Å². The number of imide groups is 1. The van der Waals surface area contributed by atoms with E-state index in [0.29, 0.717) is 17.7 Å². The van der Waals surface area contributed by atoms with Gasteiger partial charge >= 0.3 is 0 Å². The lowest BCUT2D eigenvalue weighted by Crippen LogP contribution is -2.36. The summed E-state index contributed by atoms with van der Waals surface area (Å²) in [5.74, 6) is -0.0932. The van der Waals surface area contributed by atoms with Crippen LogP contribution in [0.5, 0.6) is 0 Å². The summed E-state index contributed by atoms with van der Waals surface area (Å²) in [4.78, 5) is 25.4. The molecule has 1 aromatic carbocycles. The van der Waals surface area contributed by atoms with E-state index in [2.05, 4.69) is 5.32 Å². The first-order valence-corrected chi connectivity index (χ1v) is 5.75. The second-order valence-electron chi connectivity index (χ2n) is 4.43. The first-order chi connectivity index (χ1) is 8.15. The molecule has 17 heavy (non-hydrogen) atoms. The van der Waals surface area contributed by atoms with Gasteiger partial charge in [0.25, 0.3) is 11.8 Å². The Morgan fingerprint density at radius 1 is 1.18 bits per heavy atom. The van der Waals surface area contributed by atoms with Crippen molar-refractivity contribution in [1.29, 1.82) is 0 Å². The Labute approximate surface area is 101 Å². The second kappa shape index (κ2) is 4.67. The minimum atomic E-state index is -0.173. The van der Waals surface area contributed by atoms with Crippen LogP contribution in [0, 0.1) is 5.92 Å². The van der Waals surface area contributed by atoms with E-state index in [-0.39, 0.29) is 17.7 Å². The predicted molar refractivity (Wildman–Crippen MR) is 64.9 cm³/mol. The topological polar surface area (TPSA) is 49.4 Å². The molecule has 90 valence electrons. The number of nitrogens with one attached hydrogen (secondary N) is 1. The molecule has 0 saturated carbocycles. The van der Waals surface area contributed by atoms with Crippen molar-refractivity contribution in [2.45, 2.75) is 6.92 Å². The lowest BCUT2D eigenvalue weighted by atomic mass is 10.1. The van der Waals surface area contributed by atoms with Gasteiger partial charge in [-0.3, -0.25) is 14.5 Å². The summed E-state index contributed by atoms with van der Waals surface area (Å²) in [7, 11) is 1.86. The van der Waals surface area contributed by atoms with Crippen LogP contribution >= 0.6 is 0 Å². The minimum absolute atomic E-state index is 0.173. The number of nitrogens with zero attached hydrogens (tertiary/aromatic N) is 1. The highest BCUT2D eigenvalue weighted by Crippen LogP contribution is 2.22. The smallest absolute Gasteiger partial charge is 0.261 e. The molecule has 0 aliphatic carbocycles. The Morgan fingerprint density at radius 2 is 1.71 bits per heavy atom. The van der Waals surface area contributed by atoms with E-state index in [1.54, 1.807) is 24.3 Å². The predicted octanol–water partition coefficient (Wildman–Crippen LogP) is 1.14. The zero-order valence-electron chi connectivity index (χ0n) is 10.1. The number of rotatable bonds is 4. The maximum absolute atomic E-state index is 12.0. The summed E-state index contributed by atoms with van der Waals surface area (Å²) in [6, 6.07) is 6.98. The monoisotopic (exact) mass is 232 g/mol. The van der Waals surface area contributed by atoms with E-state index < -0.39 is 0 Å². The van der Waals surface area contributed by atoms with E-state index in [4.69, 9.17) is 0 Å². The standard InChI is InChI=1S/C13H16N2O2/c1-9(7-14-2)8-15-12(16)10-5-3-4-6-11(10)13(15)17/h3-6,9,14H,7-8H2,1-2H3. The lowest BCUT2D eigenvalue weighted by Gasteiger charge is -2.18. The van der Waals surface area contributed by atoms with Crippen LogP contribution in [0.1, 0.15) is 27.6 Å². The van der Waals surface area contributed by atoms with Crippen LogP contribution in [0.25, 0.3) is 0 Å². The SMILES string of the molecule is CNCC(C)CN1C(=O)c2ccccc2C1=O. The van der Waals surface area contributed by atoms with Crippen LogP contribution in [-0.4, -0.2) is 36.9 Å². The van der Waals surface area contributed by atoms with Crippen molar-refractivity contribution in [3.63, 3.8) is 0 Å². The third-order valence-corrected chi connectivity index (χ3v) is 2.93. The Bertz CT molecular complexity index is 421. The highest BCUT2D eigenvalue weighted by molar-refractivity contribution is 6.21. The Balaban J connectivity index is 2.19. The van der Waals surface area contributed by atoms with Crippen molar-refractivity contribution < 1.29 is 9.59 Å². The van der Waals surface area contributed by atoms with Crippen molar-refractivity contribution in [3.8, 4) is 0 Å². The van der Waals surface area contributed by atoms with E-state index in [1.165, 1.54) is 4.90 Å². The molecule has 1 aliphatic heterocycles. The summed E-state index contributed by atoms with van der Waals surface area (Å²) in [5, 5.41) is 3.04. The van der Waals surface area contributed by atoms with Crippen LogP contribution in [0.15, 0.2) is 24.3 Å². The second-order valence-corrected chi connectivity index (χ2v) is 4.43. The fourth-order valence-electron chi connectivity index (χ4n) is 2.13. The van der Waals surface area contributed by atoms with Crippen molar-refractivity contribution in [1.82, 2.24) is 10.2 Å². The van der Waals surface area contributed by atoms with Gasteiger partial charge in [0, 0.05) is 6.54 Å². The largest absolute Gasteiger partial charge is 0.319 e. The maximum Gasteiger partial charge on any atom is 0.261 e. The summed E-state index contributed by atoms with van der Waals surface area (Å²) in [6.07, 6.45) is 0. The molecule has 4 nitrogen and oxygen atoms in total. The maximum atomic E-state index is 12.0.